The van der Waals surface area contributed by atoms with Crippen molar-refractivity contribution in [3.8, 4) is 11.7 Å². The lowest BCUT2D eigenvalue weighted by Gasteiger charge is -2.16. The van der Waals surface area contributed by atoms with E-state index >= 15 is 0 Å². The minimum Gasteiger partial charge on any atom is -0.467 e. The highest BCUT2D eigenvalue weighted by Crippen LogP contribution is 2.30. The number of esters is 1. The summed E-state index contributed by atoms with van der Waals surface area (Å²) in [4.78, 5) is 24.8. The second-order valence-corrected chi connectivity index (χ2v) is 7.64. The van der Waals surface area contributed by atoms with Crippen LogP contribution in [0.15, 0.2) is 65.1 Å². The molecule has 0 aliphatic rings. The van der Waals surface area contributed by atoms with Crippen LogP contribution in [0.4, 0.5) is 0 Å². The summed E-state index contributed by atoms with van der Waals surface area (Å²) in [6, 6.07) is 17.7. The normalized spacial score (nSPS) is 11.8. The van der Waals surface area contributed by atoms with E-state index in [1.165, 1.54) is 13.2 Å². The molecule has 0 saturated carbocycles. The molecule has 1 heterocycles. The van der Waals surface area contributed by atoms with Crippen LogP contribution < -0.4 is 10.1 Å². The predicted molar refractivity (Wildman–Crippen MR) is 117 cm³/mol. The van der Waals surface area contributed by atoms with E-state index in [0.29, 0.717) is 18.1 Å². The van der Waals surface area contributed by atoms with Gasteiger partial charge in [-0.25, -0.2) is 4.79 Å². The summed E-state index contributed by atoms with van der Waals surface area (Å²) in [5.41, 5.74) is 3.01. The molecule has 6 nitrogen and oxygen atoms in total. The molecule has 31 heavy (non-hydrogen) atoms. The molecule has 1 aromatic heterocycles. The van der Waals surface area contributed by atoms with Gasteiger partial charge < -0.3 is 19.2 Å². The number of carbonyl (C=O) groups is 2. The number of carbonyl (C=O) groups excluding carboxylic acids is 2. The van der Waals surface area contributed by atoms with Crippen LogP contribution in [-0.4, -0.2) is 25.0 Å². The Morgan fingerprint density at radius 3 is 2.45 bits per heavy atom. The number of amides is 1. The summed E-state index contributed by atoms with van der Waals surface area (Å²) in [5, 5.41) is 2.68. The molecular formula is C25H27NO5. The Hall–Kier alpha value is -3.54. The molecule has 0 saturated heterocycles. The van der Waals surface area contributed by atoms with Crippen LogP contribution in [-0.2, 0) is 16.0 Å². The van der Waals surface area contributed by atoms with Gasteiger partial charge in [-0.3, -0.25) is 4.79 Å². The van der Waals surface area contributed by atoms with Gasteiger partial charge in [0, 0.05) is 12.5 Å². The topological polar surface area (TPSA) is 77.8 Å². The third-order valence-electron chi connectivity index (χ3n) is 4.97. The second-order valence-electron chi connectivity index (χ2n) is 7.64. The summed E-state index contributed by atoms with van der Waals surface area (Å²) in [5.74, 6) is 0.237. The Kier molecular flexibility index (Phi) is 7.13. The van der Waals surface area contributed by atoms with Crippen molar-refractivity contribution >= 4 is 11.9 Å². The molecule has 0 aliphatic carbocycles. The van der Waals surface area contributed by atoms with Crippen molar-refractivity contribution in [3.63, 3.8) is 0 Å². The smallest absolute Gasteiger partial charge is 0.328 e. The first-order chi connectivity index (χ1) is 14.9. The van der Waals surface area contributed by atoms with Gasteiger partial charge in [0.05, 0.1) is 7.11 Å². The molecular weight excluding hydrogens is 394 g/mol. The third kappa shape index (κ3) is 5.75. The molecule has 2 aromatic carbocycles. The highest BCUT2D eigenvalue weighted by molar-refractivity contribution is 5.94. The van der Waals surface area contributed by atoms with Gasteiger partial charge in [-0.1, -0.05) is 56.3 Å². The van der Waals surface area contributed by atoms with Crippen LogP contribution in [0.5, 0.6) is 11.7 Å². The molecule has 1 amide bonds. The predicted octanol–water partition coefficient (Wildman–Crippen LogP) is 5.02. The van der Waals surface area contributed by atoms with E-state index in [2.05, 4.69) is 25.2 Å². The minimum atomic E-state index is -0.834. The quantitative estimate of drug-likeness (QED) is 0.517. The second kappa shape index (κ2) is 9.98. The average molecular weight is 421 g/mol. The molecule has 0 spiro atoms. The molecule has 1 unspecified atom stereocenters. The van der Waals surface area contributed by atoms with Crippen molar-refractivity contribution in [2.24, 2.45) is 0 Å². The van der Waals surface area contributed by atoms with Crippen LogP contribution in [0.3, 0.4) is 0 Å². The maximum absolute atomic E-state index is 12.7. The molecule has 1 N–H and O–H groups in total. The Morgan fingerprint density at radius 1 is 1.03 bits per heavy atom. The van der Waals surface area contributed by atoms with Gasteiger partial charge in [-0.2, -0.15) is 0 Å². The lowest BCUT2D eigenvalue weighted by atomic mass is 10.0. The number of furan rings is 1. The van der Waals surface area contributed by atoms with Gasteiger partial charge in [0.1, 0.15) is 11.8 Å². The third-order valence-corrected chi connectivity index (χ3v) is 4.97. The molecule has 0 bridgehead atoms. The zero-order valence-electron chi connectivity index (χ0n) is 18.2. The van der Waals surface area contributed by atoms with E-state index in [1.807, 2.05) is 49.4 Å². The van der Waals surface area contributed by atoms with Gasteiger partial charge >= 0.3 is 5.97 Å². The first kappa shape index (κ1) is 22.2. The molecule has 0 fully saturated rings. The Balaban J connectivity index is 1.71. The Morgan fingerprint density at radius 2 is 1.77 bits per heavy atom. The van der Waals surface area contributed by atoms with Crippen LogP contribution >= 0.6 is 0 Å². The van der Waals surface area contributed by atoms with Crippen molar-refractivity contribution in [2.45, 2.75) is 39.2 Å². The summed E-state index contributed by atoms with van der Waals surface area (Å²) in [6.45, 7) is 6.16. The standard InChI is InChI=1S/C25H27NO5/c1-16(2)19-11-10-17(3)22(15-19)31-23-13-12-21(30-23)24(27)26-20(25(28)29-4)14-18-8-6-5-7-9-18/h5-13,15-16,20H,14H2,1-4H3,(H,26,27). The van der Waals surface area contributed by atoms with Crippen LogP contribution in [0, 0.1) is 6.92 Å². The maximum Gasteiger partial charge on any atom is 0.328 e. The van der Waals surface area contributed by atoms with Crippen molar-refractivity contribution in [1.29, 1.82) is 0 Å². The lowest BCUT2D eigenvalue weighted by Crippen LogP contribution is -2.42. The molecule has 0 aliphatic heterocycles. The average Bonchev–Trinajstić information content (AvgIpc) is 3.23. The van der Waals surface area contributed by atoms with Gasteiger partial charge in [0.25, 0.3) is 11.9 Å². The van der Waals surface area contributed by atoms with E-state index in [0.717, 1.165) is 16.7 Å². The van der Waals surface area contributed by atoms with Gasteiger partial charge in [0.2, 0.25) is 0 Å². The summed E-state index contributed by atoms with van der Waals surface area (Å²) >= 11 is 0. The number of hydrogen-bond donors (Lipinski definition) is 1. The highest BCUT2D eigenvalue weighted by Gasteiger charge is 2.24. The van der Waals surface area contributed by atoms with Gasteiger partial charge in [-0.05, 0) is 41.7 Å². The lowest BCUT2D eigenvalue weighted by molar-refractivity contribution is -0.142. The van der Waals surface area contributed by atoms with Crippen LogP contribution in [0.2, 0.25) is 0 Å². The van der Waals surface area contributed by atoms with Gasteiger partial charge in [-0.15, -0.1) is 0 Å². The zero-order valence-corrected chi connectivity index (χ0v) is 18.2. The molecule has 0 radical (unpaired) electrons. The largest absolute Gasteiger partial charge is 0.467 e. The Bertz CT molecular complexity index is 1040. The minimum absolute atomic E-state index is 0.0506. The molecule has 162 valence electrons. The number of hydrogen-bond acceptors (Lipinski definition) is 5. The fraction of sp³-hybridized carbons (Fsp3) is 0.280. The van der Waals surface area contributed by atoms with Gasteiger partial charge in [0.15, 0.2) is 5.76 Å². The van der Waals surface area contributed by atoms with E-state index in [4.69, 9.17) is 13.9 Å². The number of benzene rings is 2. The molecule has 1 atom stereocenters. The highest BCUT2D eigenvalue weighted by atomic mass is 16.6. The number of nitrogens with one attached hydrogen (secondary N) is 1. The number of rotatable bonds is 8. The fourth-order valence-electron chi connectivity index (χ4n) is 3.11. The molecule has 6 heteroatoms. The fourth-order valence-corrected chi connectivity index (χ4v) is 3.11. The van der Waals surface area contributed by atoms with Crippen molar-refractivity contribution in [1.82, 2.24) is 5.32 Å². The monoisotopic (exact) mass is 421 g/mol. The summed E-state index contributed by atoms with van der Waals surface area (Å²) in [6.07, 6.45) is 0.310. The molecule has 3 rings (SSSR count). The number of methoxy groups -OCH3 is 1. The summed E-state index contributed by atoms with van der Waals surface area (Å²) < 4.78 is 16.3. The number of ether oxygens (including phenoxy) is 2. The van der Waals surface area contributed by atoms with E-state index in [9.17, 15) is 9.59 Å². The van der Waals surface area contributed by atoms with Crippen molar-refractivity contribution < 1.29 is 23.5 Å². The first-order valence-corrected chi connectivity index (χ1v) is 10.2. The van der Waals surface area contributed by atoms with E-state index < -0.39 is 17.9 Å². The first-order valence-electron chi connectivity index (χ1n) is 10.2. The van der Waals surface area contributed by atoms with Crippen molar-refractivity contribution in [3.05, 3.63) is 83.1 Å². The number of aryl methyl sites for hydroxylation is 1. The zero-order chi connectivity index (χ0) is 22.4. The maximum atomic E-state index is 12.7. The van der Waals surface area contributed by atoms with E-state index in [1.54, 1.807) is 6.07 Å². The van der Waals surface area contributed by atoms with Crippen LogP contribution in [0.1, 0.15) is 47.0 Å². The van der Waals surface area contributed by atoms with E-state index in [-0.39, 0.29) is 11.7 Å². The SMILES string of the molecule is COC(=O)C(Cc1ccccc1)NC(=O)c1ccc(Oc2cc(C(C)C)ccc2C)o1. The van der Waals surface area contributed by atoms with Crippen molar-refractivity contribution in [2.75, 3.05) is 7.11 Å². The van der Waals surface area contributed by atoms with Crippen LogP contribution in [0.25, 0.3) is 0 Å². The molecule has 3 aromatic rings. The Labute approximate surface area is 182 Å². The summed E-state index contributed by atoms with van der Waals surface area (Å²) in [7, 11) is 1.29.